The number of rotatable bonds is 6. The van der Waals surface area contributed by atoms with Crippen molar-refractivity contribution >= 4 is 40.5 Å². The number of hydrazine groups is 1. The first-order valence-corrected chi connectivity index (χ1v) is 8.88. The van der Waals surface area contributed by atoms with Crippen molar-refractivity contribution in [3.05, 3.63) is 80.6 Å². The fourth-order valence-electron chi connectivity index (χ4n) is 2.63. The third kappa shape index (κ3) is 4.77. The molecule has 148 valence electrons. The lowest BCUT2D eigenvalue weighted by Gasteiger charge is -2.12. The van der Waals surface area contributed by atoms with Crippen molar-refractivity contribution in [2.75, 3.05) is 10.7 Å². The van der Waals surface area contributed by atoms with Gasteiger partial charge in [-0.05, 0) is 43.7 Å². The molecule has 0 saturated heterocycles. The van der Waals surface area contributed by atoms with E-state index in [1.807, 2.05) is 32.0 Å². The highest BCUT2D eigenvalue weighted by Crippen LogP contribution is 2.31. The Balaban J connectivity index is 1.85. The van der Waals surface area contributed by atoms with Gasteiger partial charge in [0.15, 0.2) is 0 Å². The van der Waals surface area contributed by atoms with Crippen molar-refractivity contribution in [1.82, 2.24) is 15.4 Å². The van der Waals surface area contributed by atoms with Crippen LogP contribution in [0.5, 0.6) is 0 Å². The number of anilines is 3. The molecule has 0 aliphatic rings. The molecule has 0 unspecified atom stereocenters. The lowest BCUT2D eigenvalue weighted by molar-refractivity contribution is -0.383. The summed E-state index contributed by atoms with van der Waals surface area (Å²) in [5, 5.41) is 15.0. The zero-order valence-corrected chi connectivity index (χ0v) is 16.3. The normalized spacial score (nSPS) is 10.3. The third-order valence-electron chi connectivity index (χ3n) is 4.02. The number of nitro groups is 1. The molecule has 29 heavy (non-hydrogen) atoms. The first kappa shape index (κ1) is 20.0. The quantitative estimate of drug-likeness (QED) is 0.410. The molecule has 3 rings (SSSR count). The van der Waals surface area contributed by atoms with Gasteiger partial charge in [0.05, 0.1) is 4.92 Å². The zero-order valence-electron chi connectivity index (χ0n) is 15.6. The van der Waals surface area contributed by atoms with Crippen molar-refractivity contribution in [2.24, 2.45) is 0 Å². The van der Waals surface area contributed by atoms with E-state index in [9.17, 15) is 14.9 Å². The number of carbonyl (C=O) groups excluding carboxylic acids is 1. The van der Waals surface area contributed by atoms with Crippen LogP contribution in [0.3, 0.4) is 0 Å². The van der Waals surface area contributed by atoms with Crippen LogP contribution in [0.15, 0.2) is 48.8 Å². The van der Waals surface area contributed by atoms with E-state index in [4.69, 9.17) is 11.6 Å². The molecule has 2 aromatic carbocycles. The van der Waals surface area contributed by atoms with E-state index in [1.54, 1.807) is 18.2 Å². The van der Waals surface area contributed by atoms with Crippen molar-refractivity contribution in [3.8, 4) is 0 Å². The molecule has 0 bridgehead atoms. The summed E-state index contributed by atoms with van der Waals surface area (Å²) in [5.41, 5.74) is 7.39. The Morgan fingerprint density at radius 3 is 2.55 bits per heavy atom. The topological polar surface area (TPSA) is 122 Å². The van der Waals surface area contributed by atoms with Crippen molar-refractivity contribution in [3.63, 3.8) is 0 Å². The highest BCUT2D eigenvalue weighted by Gasteiger charge is 2.24. The highest BCUT2D eigenvalue weighted by molar-refractivity contribution is 6.30. The molecule has 9 nitrogen and oxygen atoms in total. The van der Waals surface area contributed by atoms with Crippen LogP contribution in [-0.4, -0.2) is 20.8 Å². The Kier molecular flexibility index (Phi) is 5.89. The number of nitrogens with zero attached hydrogens (tertiary/aromatic N) is 3. The lowest BCUT2D eigenvalue weighted by Crippen LogP contribution is -2.30. The summed E-state index contributed by atoms with van der Waals surface area (Å²) in [6.45, 7) is 3.83. The minimum absolute atomic E-state index is 0.00328. The Morgan fingerprint density at radius 1 is 1.10 bits per heavy atom. The van der Waals surface area contributed by atoms with Gasteiger partial charge in [0.25, 0.3) is 5.91 Å². The molecule has 3 N–H and O–H groups in total. The van der Waals surface area contributed by atoms with E-state index >= 15 is 0 Å². The molecule has 0 fully saturated rings. The van der Waals surface area contributed by atoms with Crippen molar-refractivity contribution in [2.45, 2.75) is 13.8 Å². The molecular formula is C19H17ClN6O3. The van der Waals surface area contributed by atoms with Crippen LogP contribution in [0.2, 0.25) is 5.02 Å². The van der Waals surface area contributed by atoms with Crippen LogP contribution in [-0.2, 0) is 0 Å². The summed E-state index contributed by atoms with van der Waals surface area (Å²) in [6.07, 6.45) is 1.16. The number of carbonyl (C=O) groups is 1. The van der Waals surface area contributed by atoms with Crippen molar-refractivity contribution in [1.29, 1.82) is 0 Å². The summed E-state index contributed by atoms with van der Waals surface area (Å²) in [4.78, 5) is 31.1. The molecule has 0 saturated carbocycles. The second kappa shape index (κ2) is 8.53. The largest absolute Gasteiger partial charge is 0.355 e. The van der Waals surface area contributed by atoms with Crippen molar-refractivity contribution < 1.29 is 9.72 Å². The average Bonchev–Trinajstić information content (AvgIpc) is 2.68. The molecule has 3 aromatic rings. The maximum Gasteiger partial charge on any atom is 0.355 e. The van der Waals surface area contributed by atoms with E-state index < -0.39 is 16.5 Å². The molecule has 0 spiro atoms. The van der Waals surface area contributed by atoms with Gasteiger partial charge in [0.2, 0.25) is 11.6 Å². The van der Waals surface area contributed by atoms with Gasteiger partial charge >= 0.3 is 5.69 Å². The monoisotopic (exact) mass is 412 g/mol. The van der Waals surface area contributed by atoms with Gasteiger partial charge < -0.3 is 5.32 Å². The summed E-state index contributed by atoms with van der Waals surface area (Å²) in [7, 11) is 0. The molecule has 1 amide bonds. The molecular weight excluding hydrogens is 396 g/mol. The standard InChI is InChI=1S/C19H17ClN6O3/c1-11-6-7-15(12(2)8-11)23-17-16(26(28)29)18(22-10-21-17)24-25-19(27)13-4-3-5-14(20)9-13/h3-10H,1-2H3,(H,25,27)(H2,21,22,23,24). The van der Waals surface area contributed by atoms with E-state index in [0.717, 1.165) is 17.5 Å². The minimum Gasteiger partial charge on any atom is -0.334 e. The number of hydrogen-bond acceptors (Lipinski definition) is 7. The van der Waals surface area contributed by atoms with Crippen LogP contribution in [0.1, 0.15) is 21.5 Å². The van der Waals surface area contributed by atoms with Crippen LogP contribution < -0.4 is 16.2 Å². The summed E-state index contributed by atoms with van der Waals surface area (Å²) in [5.74, 6) is -0.687. The van der Waals surface area contributed by atoms with E-state index in [0.29, 0.717) is 10.7 Å². The second-order valence-corrected chi connectivity index (χ2v) is 6.65. The minimum atomic E-state index is -0.625. The predicted octanol–water partition coefficient (Wildman–Crippen LogP) is 4.16. The van der Waals surface area contributed by atoms with Crippen LogP contribution in [0, 0.1) is 24.0 Å². The van der Waals surface area contributed by atoms with Crippen LogP contribution >= 0.6 is 11.6 Å². The van der Waals surface area contributed by atoms with E-state index in [1.165, 1.54) is 6.07 Å². The van der Waals surface area contributed by atoms with E-state index in [-0.39, 0.29) is 17.2 Å². The Morgan fingerprint density at radius 2 is 1.86 bits per heavy atom. The number of hydrogen-bond donors (Lipinski definition) is 3. The molecule has 1 aromatic heterocycles. The average molecular weight is 413 g/mol. The van der Waals surface area contributed by atoms with Gasteiger partial charge in [0.1, 0.15) is 6.33 Å². The number of nitrogens with one attached hydrogen (secondary N) is 3. The van der Waals surface area contributed by atoms with Crippen LogP contribution in [0.25, 0.3) is 0 Å². The number of halogens is 1. The maximum absolute atomic E-state index is 12.2. The summed E-state index contributed by atoms with van der Waals surface area (Å²) < 4.78 is 0. The number of benzene rings is 2. The fourth-order valence-corrected chi connectivity index (χ4v) is 2.82. The molecule has 1 heterocycles. The Bertz CT molecular complexity index is 1090. The van der Waals surface area contributed by atoms with Crippen LogP contribution in [0.4, 0.5) is 23.0 Å². The molecule has 0 aliphatic carbocycles. The van der Waals surface area contributed by atoms with Gasteiger partial charge in [-0.1, -0.05) is 35.4 Å². The van der Waals surface area contributed by atoms with E-state index in [2.05, 4.69) is 26.1 Å². The number of amides is 1. The molecule has 0 radical (unpaired) electrons. The lowest BCUT2D eigenvalue weighted by atomic mass is 10.1. The second-order valence-electron chi connectivity index (χ2n) is 6.21. The maximum atomic E-state index is 12.2. The summed E-state index contributed by atoms with van der Waals surface area (Å²) in [6, 6.07) is 11.9. The smallest absolute Gasteiger partial charge is 0.334 e. The Labute approximate surface area is 171 Å². The summed E-state index contributed by atoms with van der Waals surface area (Å²) >= 11 is 5.87. The highest BCUT2D eigenvalue weighted by atomic mass is 35.5. The number of aromatic nitrogens is 2. The SMILES string of the molecule is Cc1ccc(Nc2ncnc(NNC(=O)c3cccc(Cl)c3)c2[N+](=O)[O-])c(C)c1. The zero-order chi connectivity index (χ0) is 21.0. The van der Waals surface area contributed by atoms with Gasteiger partial charge in [-0.15, -0.1) is 0 Å². The predicted molar refractivity (Wildman–Crippen MR) is 110 cm³/mol. The number of aryl methyl sites for hydroxylation is 2. The van der Waals surface area contributed by atoms with Gasteiger partial charge in [-0.3, -0.25) is 25.8 Å². The first-order chi connectivity index (χ1) is 13.8. The molecule has 10 heteroatoms. The first-order valence-electron chi connectivity index (χ1n) is 8.50. The van der Waals surface area contributed by atoms with Gasteiger partial charge in [-0.25, -0.2) is 9.97 Å². The molecule has 0 aliphatic heterocycles. The molecule has 0 atom stereocenters. The van der Waals surface area contributed by atoms with Gasteiger partial charge in [0, 0.05) is 16.3 Å². The fraction of sp³-hybridized carbons (Fsp3) is 0.105. The van der Waals surface area contributed by atoms with Gasteiger partial charge in [-0.2, -0.15) is 0 Å². The third-order valence-corrected chi connectivity index (χ3v) is 4.26. The Hall–Kier alpha value is -3.72.